The van der Waals surface area contributed by atoms with Crippen LogP contribution >= 0.6 is 0 Å². The molecule has 0 aliphatic carbocycles. The van der Waals surface area contributed by atoms with Crippen molar-refractivity contribution in [3.63, 3.8) is 0 Å². The number of halogens is 2. The third-order valence-electron chi connectivity index (χ3n) is 5.12. The summed E-state index contributed by atoms with van der Waals surface area (Å²) in [5.74, 6) is -1.81. The third kappa shape index (κ3) is 4.61. The Morgan fingerprint density at radius 1 is 1.17 bits per heavy atom. The van der Waals surface area contributed by atoms with Crippen molar-refractivity contribution in [1.82, 2.24) is 5.32 Å². The zero-order chi connectivity index (χ0) is 21.8. The highest BCUT2D eigenvalue weighted by molar-refractivity contribution is 6.03. The fourth-order valence-corrected chi connectivity index (χ4v) is 3.65. The van der Waals surface area contributed by atoms with Crippen molar-refractivity contribution in [2.45, 2.75) is 39.7 Å². The molecule has 160 valence electrons. The molecule has 3 rings (SSSR count). The number of ether oxygens (including phenoxy) is 1. The van der Waals surface area contributed by atoms with Gasteiger partial charge in [0.25, 0.3) is 5.91 Å². The third-order valence-corrected chi connectivity index (χ3v) is 5.12. The molecule has 0 spiro atoms. The maximum absolute atomic E-state index is 14.5. The smallest absolute Gasteiger partial charge is 0.251 e. The van der Waals surface area contributed by atoms with E-state index in [9.17, 15) is 18.4 Å². The number of benzene rings is 2. The largest absolute Gasteiger partial charge is 0.494 e. The molecule has 2 aromatic rings. The van der Waals surface area contributed by atoms with E-state index in [2.05, 4.69) is 5.32 Å². The van der Waals surface area contributed by atoms with Crippen molar-refractivity contribution in [1.29, 1.82) is 0 Å². The molecule has 2 aromatic carbocycles. The molecular weight excluding hydrogens is 390 g/mol. The van der Waals surface area contributed by atoms with E-state index >= 15 is 0 Å². The number of hydrogen-bond donors (Lipinski definition) is 1. The maximum Gasteiger partial charge on any atom is 0.251 e. The zero-order valence-electron chi connectivity index (χ0n) is 17.4. The predicted octanol–water partition coefficient (Wildman–Crippen LogP) is 4.10. The van der Waals surface area contributed by atoms with Crippen LogP contribution in [0.4, 0.5) is 14.5 Å². The van der Waals surface area contributed by atoms with E-state index in [4.69, 9.17) is 4.74 Å². The molecule has 0 fully saturated rings. The maximum atomic E-state index is 14.5. The summed E-state index contributed by atoms with van der Waals surface area (Å²) >= 11 is 0. The van der Waals surface area contributed by atoms with Gasteiger partial charge >= 0.3 is 0 Å². The Morgan fingerprint density at radius 3 is 2.50 bits per heavy atom. The van der Waals surface area contributed by atoms with Crippen LogP contribution in [0.15, 0.2) is 36.4 Å². The molecule has 1 N–H and O–H groups in total. The van der Waals surface area contributed by atoms with Gasteiger partial charge in [0.05, 0.1) is 12.3 Å². The molecule has 0 saturated heterocycles. The molecule has 0 aromatic heterocycles. The fourth-order valence-electron chi connectivity index (χ4n) is 3.65. The van der Waals surface area contributed by atoms with Gasteiger partial charge in [0, 0.05) is 18.2 Å². The van der Waals surface area contributed by atoms with Crippen LogP contribution in [0.5, 0.6) is 5.75 Å². The summed E-state index contributed by atoms with van der Waals surface area (Å²) in [6, 6.07) is 7.83. The summed E-state index contributed by atoms with van der Waals surface area (Å²) in [6.07, 6.45) is 1.10. The van der Waals surface area contributed by atoms with Crippen LogP contribution in [0, 0.1) is 17.6 Å². The van der Waals surface area contributed by atoms with Crippen LogP contribution in [-0.4, -0.2) is 31.0 Å². The van der Waals surface area contributed by atoms with Gasteiger partial charge in [0.2, 0.25) is 5.91 Å². The molecule has 1 aliphatic rings. The van der Waals surface area contributed by atoms with Gasteiger partial charge < -0.3 is 15.0 Å². The van der Waals surface area contributed by atoms with Crippen LogP contribution in [-0.2, 0) is 11.2 Å². The Bertz CT molecular complexity index is 929. The summed E-state index contributed by atoms with van der Waals surface area (Å²) < 4.78 is 33.5. The van der Waals surface area contributed by atoms with Gasteiger partial charge in [-0.05, 0) is 61.6 Å². The van der Waals surface area contributed by atoms with Gasteiger partial charge in [-0.1, -0.05) is 13.8 Å². The molecule has 1 heterocycles. The Labute approximate surface area is 175 Å². The summed E-state index contributed by atoms with van der Waals surface area (Å²) in [5, 5.41) is 2.78. The first-order chi connectivity index (χ1) is 14.3. The lowest BCUT2D eigenvalue weighted by Gasteiger charge is -2.34. The second-order valence-corrected chi connectivity index (χ2v) is 7.64. The van der Waals surface area contributed by atoms with Gasteiger partial charge in [-0.3, -0.25) is 9.59 Å². The minimum Gasteiger partial charge on any atom is -0.494 e. The number of fused-ring (bicyclic) bond motifs is 1. The normalized spacial score (nSPS) is 14.3. The molecular formula is C23H26F2N2O3. The molecule has 1 unspecified atom stereocenters. The molecule has 0 saturated carbocycles. The van der Waals surface area contributed by atoms with Gasteiger partial charge in [-0.25, -0.2) is 8.78 Å². The number of nitrogens with one attached hydrogen (secondary N) is 1. The van der Waals surface area contributed by atoms with Crippen LogP contribution < -0.4 is 15.0 Å². The highest BCUT2D eigenvalue weighted by Crippen LogP contribution is 2.32. The van der Waals surface area contributed by atoms with Crippen LogP contribution in [0.3, 0.4) is 0 Å². The number of aryl methyl sites for hydroxylation is 1. The van der Waals surface area contributed by atoms with Gasteiger partial charge in [-0.15, -0.1) is 0 Å². The number of amides is 2. The molecule has 5 nitrogen and oxygen atoms in total. The minimum absolute atomic E-state index is 0.105. The van der Waals surface area contributed by atoms with Crippen molar-refractivity contribution in [2.75, 3.05) is 18.1 Å². The number of carbonyl (C=O) groups is 2. The van der Waals surface area contributed by atoms with E-state index in [-0.39, 0.29) is 11.6 Å². The van der Waals surface area contributed by atoms with Crippen LogP contribution in [0.25, 0.3) is 0 Å². The lowest BCUT2D eigenvalue weighted by molar-refractivity contribution is -0.121. The second kappa shape index (κ2) is 9.24. The van der Waals surface area contributed by atoms with Gasteiger partial charge in [-0.2, -0.15) is 0 Å². The number of anilines is 1. The van der Waals surface area contributed by atoms with E-state index in [1.807, 2.05) is 20.8 Å². The predicted molar refractivity (Wildman–Crippen MR) is 111 cm³/mol. The highest BCUT2D eigenvalue weighted by atomic mass is 19.1. The summed E-state index contributed by atoms with van der Waals surface area (Å²) in [7, 11) is 0. The summed E-state index contributed by atoms with van der Waals surface area (Å²) in [4.78, 5) is 27.3. The van der Waals surface area contributed by atoms with Crippen LogP contribution in [0.2, 0.25) is 0 Å². The standard InChI is InChI=1S/C23H26F2N2O3/c1-4-30-18-9-7-15(8-10-18)22(28)26-20(14(2)3)23(29)27-11-5-6-16-12-17(24)13-19(25)21(16)27/h7-10,12-14,20H,4-6,11H2,1-3H3,(H,26,28). The zero-order valence-corrected chi connectivity index (χ0v) is 17.4. The lowest BCUT2D eigenvalue weighted by atomic mass is 9.97. The SMILES string of the molecule is CCOc1ccc(C(=O)NC(C(=O)N2CCCc3cc(F)cc(F)c32)C(C)C)cc1. The van der Waals surface area contributed by atoms with Gasteiger partial charge in [0.15, 0.2) is 0 Å². The van der Waals surface area contributed by atoms with E-state index in [1.54, 1.807) is 24.3 Å². The first-order valence-electron chi connectivity index (χ1n) is 10.1. The molecule has 1 aliphatic heterocycles. The average Bonchev–Trinajstić information content (AvgIpc) is 2.71. The second-order valence-electron chi connectivity index (χ2n) is 7.64. The van der Waals surface area contributed by atoms with Crippen molar-refractivity contribution in [2.24, 2.45) is 5.92 Å². The van der Waals surface area contributed by atoms with E-state index in [1.165, 1.54) is 11.0 Å². The lowest BCUT2D eigenvalue weighted by Crippen LogP contribution is -2.52. The summed E-state index contributed by atoms with van der Waals surface area (Å²) in [5.41, 5.74) is 0.963. The molecule has 7 heteroatoms. The topological polar surface area (TPSA) is 58.6 Å². The number of hydrogen-bond acceptors (Lipinski definition) is 3. The molecule has 2 amide bonds. The molecule has 30 heavy (non-hydrogen) atoms. The first kappa shape index (κ1) is 21.7. The Morgan fingerprint density at radius 2 is 1.87 bits per heavy atom. The number of rotatable bonds is 6. The Kier molecular flexibility index (Phi) is 6.70. The summed E-state index contributed by atoms with van der Waals surface area (Å²) in [6.45, 7) is 6.33. The Hall–Kier alpha value is -2.96. The minimum atomic E-state index is -0.848. The monoisotopic (exact) mass is 416 g/mol. The molecule has 0 radical (unpaired) electrons. The van der Waals surface area contributed by atoms with E-state index < -0.39 is 29.5 Å². The van der Waals surface area contributed by atoms with Gasteiger partial charge in [0.1, 0.15) is 23.4 Å². The van der Waals surface area contributed by atoms with E-state index in [0.29, 0.717) is 42.9 Å². The first-order valence-corrected chi connectivity index (χ1v) is 10.1. The van der Waals surface area contributed by atoms with Crippen molar-refractivity contribution in [3.05, 3.63) is 59.2 Å². The van der Waals surface area contributed by atoms with E-state index in [0.717, 1.165) is 6.07 Å². The Balaban J connectivity index is 1.82. The quantitative estimate of drug-likeness (QED) is 0.772. The number of carbonyl (C=O) groups excluding carboxylic acids is 2. The molecule has 1 atom stereocenters. The van der Waals surface area contributed by atoms with Crippen molar-refractivity contribution < 1.29 is 23.1 Å². The fraction of sp³-hybridized carbons (Fsp3) is 0.391. The number of nitrogens with zero attached hydrogens (tertiary/aromatic N) is 1. The van der Waals surface area contributed by atoms with Crippen molar-refractivity contribution in [3.8, 4) is 5.75 Å². The highest BCUT2D eigenvalue weighted by Gasteiger charge is 2.33. The molecule has 0 bridgehead atoms. The average molecular weight is 416 g/mol. The van der Waals surface area contributed by atoms with Crippen molar-refractivity contribution >= 4 is 17.5 Å². The van der Waals surface area contributed by atoms with Crippen LogP contribution in [0.1, 0.15) is 43.1 Å².